The summed E-state index contributed by atoms with van der Waals surface area (Å²) >= 11 is 2.79. The number of nitrogens with two attached hydrogens (primary N) is 1. The highest BCUT2D eigenvalue weighted by Crippen LogP contribution is 2.32. The summed E-state index contributed by atoms with van der Waals surface area (Å²) in [6, 6.07) is 0.857. The Morgan fingerprint density at radius 2 is 2.07 bits per heavy atom. The molecule has 0 saturated carbocycles. The summed E-state index contributed by atoms with van der Waals surface area (Å²) in [5, 5.41) is 0. The number of hydrogen-bond acceptors (Lipinski definition) is 4. The lowest BCUT2D eigenvalue weighted by molar-refractivity contribution is 0.146. The molecule has 0 spiro atoms. The maximum Gasteiger partial charge on any atom is 0.280 e. The number of nitrogens with zero attached hydrogens (tertiary/aromatic N) is 1. The van der Waals surface area contributed by atoms with Crippen molar-refractivity contribution in [1.82, 2.24) is 4.98 Å². The first kappa shape index (κ1) is 12.6. The van der Waals surface area contributed by atoms with Gasteiger partial charge in [0.05, 0.1) is 0 Å². The average Bonchev–Trinajstić information content (AvgIpc) is 1.99. The summed E-state index contributed by atoms with van der Waals surface area (Å²) in [7, 11) is 0.922. The van der Waals surface area contributed by atoms with Crippen molar-refractivity contribution in [2.75, 3.05) is 5.73 Å². The fourth-order valence-corrected chi connectivity index (χ4v) is 3.32. The smallest absolute Gasteiger partial charge is 0.280 e. The second kappa shape index (κ2) is 4.18. The zero-order valence-corrected chi connectivity index (χ0v) is 10.1. The highest BCUT2D eigenvalue weighted by Gasteiger charge is 2.22. The van der Waals surface area contributed by atoms with Crippen LogP contribution < -0.4 is 5.73 Å². The van der Waals surface area contributed by atoms with E-state index >= 15 is 0 Å². The van der Waals surface area contributed by atoms with Gasteiger partial charge in [0, 0.05) is 15.2 Å². The molecule has 1 aromatic rings. The van der Waals surface area contributed by atoms with Crippen LogP contribution in [0.15, 0.2) is 15.4 Å². The van der Waals surface area contributed by atoms with Crippen LogP contribution in [-0.2, 0) is 9.05 Å². The van der Waals surface area contributed by atoms with E-state index in [0.717, 1.165) is 6.07 Å². The van der Waals surface area contributed by atoms with Gasteiger partial charge < -0.3 is 5.73 Å². The van der Waals surface area contributed by atoms with Gasteiger partial charge in [-0.15, -0.1) is 0 Å². The fraction of sp³-hybridized carbons (Fsp3) is 0.167. The SMILES string of the molecule is Nc1nc(C(F)F)cc(Br)c1S(=O)(=O)Cl. The van der Waals surface area contributed by atoms with Crippen molar-refractivity contribution < 1.29 is 17.2 Å². The molecule has 0 aliphatic heterocycles. The zero-order valence-electron chi connectivity index (χ0n) is 6.92. The topological polar surface area (TPSA) is 73.0 Å². The maximum atomic E-state index is 12.2. The first-order chi connectivity index (χ1) is 6.73. The van der Waals surface area contributed by atoms with Crippen LogP contribution >= 0.6 is 26.6 Å². The molecule has 1 rings (SSSR count). The third kappa shape index (κ3) is 2.76. The Bertz CT molecular complexity index is 471. The minimum atomic E-state index is -4.11. The molecule has 0 aliphatic carbocycles. The highest BCUT2D eigenvalue weighted by atomic mass is 79.9. The quantitative estimate of drug-likeness (QED) is 0.848. The van der Waals surface area contributed by atoms with E-state index in [1.54, 1.807) is 0 Å². The van der Waals surface area contributed by atoms with E-state index in [0.29, 0.717) is 0 Å². The lowest BCUT2D eigenvalue weighted by Gasteiger charge is -2.06. The van der Waals surface area contributed by atoms with Gasteiger partial charge in [-0.3, -0.25) is 0 Å². The zero-order chi connectivity index (χ0) is 11.8. The summed E-state index contributed by atoms with van der Waals surface area (Å²) in [6.45, 7) is 0. The largest absolute Gasteiger partial charge is 0.383 e. The molecule has 4 nitrogen and oxygen atoms in total. The number of pyridine rings is 1. The maximum absolute atomic E-state index is 12.2. The van der Waals surface area contributed by atoms with Crippen LogP contribution in [0, 0.1) is 0 Å². The van der Waals surface area contributed by atoms with E-state index in [2.05, 4.69) is 20.9 Å². The van der Waals surface area contributed by atoms with Gasteiger partial charge in [0.15, 0.2) is 0 Å². The molecule has 1 heterocycles. The highest BCUT2D eigenvalue weighted by molar-refractivity contribution is 9.10. The van der Waals surface area contributed by atoms with E-state index in [4.69, 9.17) is 16.4 Å². The average molecular weight is 322 g/mol. The van der Waals surface area contributed by atoms with E-state index < -0.39 is 31.9 Å². The number of hydrogen-bond donors (Lipinski definition) is 1. The summed E-state index contributed by atoms with van der Waals surface area (Å²) in [5.41, 5.74) is 4.59. The minimum absolute atomic E-state index is 0.139. The molecule has 0 aromatic carbocycles. The Morgan fingerprint density at radius 1 is 1.53 bits per heavy atom. The van der Waals surface area contributed by atoms with E-state index in [1.165, 1.54) is 0 Å². The van der Waals surface area contributed by atoms with Crippen molar-refractivity contribution >= 4 is 41.5 Å². The Hall–Kier alpha value is -0.470. The van der Waals surface area contributed by atoms with Gasteiger partial charge in [-0.2, -0.15) is 0 Å². The second-order valence-corrected chi connectivity index (χ2v) is 5.84. The molecule has 0 fully saturated rings. The van der Waals surface area contributed by atoms with Gasteiger partial charge in [-0.1, -0.05) is 0 Å². The number of rotatable bonds is 2. The van der Waals surface area contributed by atoms with Gasteiger partial charge >= 0.3 is 0 Å². The van der Waals surface area contributed by atoms with Crippen molar-refractivity contribution in [3.8, 4) is 0 Å². The standard InChI is InChI=1S/C6H4BrClF2N2O2S/c7-2-1-3(5(9)10)12-6(11)4(2)15(8,13)14/h1,5H,(H2,11,12). The van der Waals surface area contributed by atoms with Gasteiger partial charge in [-0.25, -0.2) is 22.2 Å². The van der Waals surface area contributed by atoms with Crippen molar-refractivity contribution in [3.05, 3.63) is 16.2 Å². The van der Waals surface area contributed by atoms with Gasteiger partial charge in [0.25, 0.3) is 15.5 Å². The number of anilines is 1. The van der Waals surface area contributed by atoms with Crippen molar-refractivity contribution in [1.29, 1.82) is 0 Å². The molecule has 0 aliphatic rings. The summed E-state index contributed by atoms with van der Waals surface area (Å²) in [6.07, 6.45) is -2.84. The monoisotopic (exact) mass is 320 g/mol. The number of aromatic nitrogens is 1. The Labute approximate surface area is 97.0 Å². The van der Waals surface area contributed by atoms with Crippen LogP contribution in [0.5, 0.6) is 0 Å². The molecule has 15 heavy (non-hydrogen) atoms. The molecule has 84 valence electrons. The van der Waals surface area contributed by atoms with Crippen molar-refractivity contribution in [2.45, 2.75) is 11.3 Å². The first-order valence-electron chi connectivity index (χ1n) is 3.42. The molecule has 9 heteroatoms. The molecule has 1 aromatic heterocycles. The van der Waals surface area contributed by atoms with Crippen LogP contribution in [0.3, 0.4) is 0 Å². The Balaban J connectivity index is 3.48. The predicted molar refractivity (Wildman–Crippen MR) is 54.3 cm³/mol. The number of nitrogen functional groups attached to an aromatic ring is 1. The third-order valence-corrected chi connectivity index (χ3v) is 3.71. The summed E-state index contributed by atoms with van der Waals surface area (Å²) in [4.78, 5) is 2.73. The molecule has 0 bridgehead atoms. The first-order valence-corrected chi connectivity index (χ1v) is 6.52. The van der Waals surface area contributed by atoms with Crippen LogP contribution in [0.1, 0.15) is 12.1 Å². The minimum Gasteiger partial charge on any atom is -0.383 e. The van der Waals surface area contributed by atoms with E-state index in [9.17, 15) is 17.2 Å². The van der Waals surface area contributed by atoms with Crippen LogP contribution in [0.2, 0.25) is 0 Å². The molecule has 0 atom stereocenters. The molecule has 0 amide bonds. The Morgan fingerprint density at radius 3 is 2.40 bits per heavy atom. The van der Waals surface area contributed by atoms with Crippen molar-refractivity contribution in [2.24, 2.45) is 0 Å². The molecule has 0 saturated heterocycles. The van der Waals surface area contributed by atoms with Gasteiger partial charge in [0.2, 0.25) is 0 Å². The van der Waals surface area contributed by atoms with E-state index in [1.807, 2.05) is 0 Å². The molecule has 2 N–H and O–H groups in total. The lowest BCUT2D eigenvalue weighted by atomic mass is 10.3. The van der Waals surface area contributed by atoms with Gasteiger partial charge in [-0.05, 0) is 22.0 Å². The normalized spacial score (nSPS) is 12.1. The molecular weight excluding hydrogens is 317 g/mol. The predicted octanol–water partition coefficient (Wildman–Crippen LogP) is 2.29. The molecule has 0 unspecified atom stereocenters. The van der Waals surface area contributed by atoms with Crippen LogP contribution in [-0.4, -0.2) is 13.4 Å². The summed E-state index contributed by atoms with van der Waals surface area (Å²) in [5.74, 6) is -0.560. The third-order valence-electron chi connectivity index (χ3n) is 1.44. The fourth-order valence-electron chi connectivity index (χ4n) is 0.893. The second-order valence-electron chi connectivity index (χ2n) is 2.48. The summed E-state index contributed by atoms with van der Waals surface area (Å²) < 4.78 is 46.3. The van der Waals surface area contributed by atoms with Crippen LogP contribution in [0.25, 0.3) is 0 Å². The van der Waals surface area contributed by atoms with E-state index in [-0.39, 0.29) is 4.47 Å². The Kier molecular flexibility index (Phi) is 3.51. The van der Waals surface area contributed by atoms with Crippen molar-refractivity contribution in [3.63, 3.8) is 0 Å². The lowest BCUT2D eigenvalue weighted by Crippen LogP contribution is -2.05. The molecular formula is C6H4BrClF2N2O2S. The number of halogens is 4. The molecule has 0 radical (unpaired) electrons. The number of alkyl halides is 2. The van der Waals surface area contributed by atoms with Crippen LogP contribution in [0.4, 0.5) is 14.6 Å². The van der Waals surface area contributed by atoms with Gasteiger partial charge in [0.1, 0.15) is 16.4 Å².